The lowest BCUT2D eigenvalue weighted by Gasteiger charge is -2.14. The molecule has 0 saturated carbocycles. The summed E-state index contributed by atoms with van der Waals surface area (Å²) < 4.78 is 4.86. The zero-order chi connectivity index (χ0) is 18.2. The number of benzene rings is 2. The molecule has 0 bridgehead atoms. The van der Waals surface area contributed by atoms with Gasteiger partial charge < -0.3 is 15.4 Å². The third kappa shape index (κ3) is 5.69. The van der Waals surface area contributed by atoms with Gasteiger partial charge in [0.25, 0.3) is 0 Å². The van der Waals surface area contributed by atoms with Gasteiger partial charge in [-0.05, 0) is 49.2 Å². The number of amides is 3. The van der Waals surface area contributed by atoms with Crippen LogP contribution in [0.25, 0.3) is 0 Å². The molecular formula is C18H20ClN3O3. The molecular weight excluding hydrogens is 342 g/mol. The first-order valence-electron chi connectivity index (χ1n) is 7.82. The normalized spacial score (nSPS) is 10.0. The van der Waals surface area contributed by atoms with Crippen LogP contribution in [0, 0.1) is 6.92 Å². The number of nitrogens with one attached hydrogen (secondary N) is 3. The minimum absolute atomic E-state index is 0.288. The Balaban J connectivity index is 1.95. The van der Waals surface area contributed by atoms with Crippen molar-refractivity contribution in [3.05, 3.63) is 58.6 Å². The summed E-state index contributed by atoms with van der Waals surface area (Å²) in [5.41, 5.74) is 2.85. The molecule has 0 atom stereocenters. The van der Waals surface area contributed by atoms with Crippen molar-refractivity contribution < 1.29 is 14.3 Å². The Bertz CT molecular complexity index is 748. The monoisotopic (exact) mass is 361 g/mol. The molecule has 3 amide bonds. The number of hydrogen-bond donors (Lipinski definition) is 3. The highest BCUT2D eigenvalue weighted by molar-refractivity contribution is 6.30. The third-order valence-electron chi connectivity index (χ3n) is 3.46. The van der Waals surface area contributed by atoms with Crippen molar-refractivity contribution in [3.63, 3.8) is 0 Å². The highest BCUT2D eigenvalue weighted by Crippen LogP contribution is 2.23. The van der Waals surface area contributed by atoms with Gasteiger partial charge in [0.05, 0.1) is 6.61 Å². The molecule has 0 fully saturated rings. The van der Waals surface area contributed by atoms with Gasteiger partial charge in [-0.3, -0.25) is 5.32 Å². The van der Waals surface area contributed by atoms with Gasteiger partial charge in [-0.1, -0.05) is 29.8 Å². The summed E-state index contributed by atoms with van der Waals surface area (Å²) in [5, 5.41) is 8.83. The van der Waals surface area contributed by atoms with Gasteiger partial charge >= 0.3 is 12.1 Å². The van der Waals surface area contributed by atoms with Crippen LogP contribution in [0.1, 0.15) is 18.1 Å². The van der Waals surface area contributed by atoms with Gasteiger partial charge in [0, 0.05) is 22.9 Å². The highest BCUT2D eigenvalue weighted by Gasteiger charge is 2.10. The maximum absolute atomic E-state index is 12.1. The molecule has 7 heteroatoms. The predicted octanol–water partition coefficient (Wildman–Crippen LogP) is 4.54. The Kier molecular flexibility index (Phi) is 6.65. The maximum Gasteiger partial charge on any atom is 0.411 e. The van der Waals surface area contributed by atoms with Crippen LogP contribution in [0.15, 0.2) is 42.5 Å². The van der Waals surface area contributed by atoms with E-state index in [1.54, 1.807) is 44.2 Å². The topological polar surface area (TPSA) is 79.5 Å². The molecule has 0 aliphatic rings. The summed E-state index contributed by atoms with van der Waals surface area (Å²) in [6, 6.07) is 12.1. The molecule has 0 aliphatic carbocycles. The van der Waals surface area contributed by atoms with Crippen molar-refractivity contribution in [2.24, 2.45) is 0 Å². The van der Waals surface area contributed by atoms with Crippen LogP contribution in [-0.2, 0) is 11.3 Å². The van der Waals surface area contributed by atoms with Crippen LogP contribution < -0.4 is 16.0 Å². The Morgan fingerprint density at radius 1 is 1.04 bits per heavy atom. The lowest BCUT2D eigenvalue weighted by Crippen LogP contribution is -2.28. The van der Waals surface area contributed by atoms with Gasteiger partial charge in [0.1, 0.15) is 0 Å². The van der Waals surface area contributed by atoms with Crippen molar-refractivity contribution in [3.8, 4) is 0 Å². The highest BCUT2D eigenvalue weighted by atomic mass is 35.5. The molecule has 0 spiro atoms. The van der Waals surface area contributed by atoms with Gasteiger partial charge in [-0.15, -0.1) is 0 Å². The van der Waals surface area contributed by atoms with E-state index in [1.165, 1.54) is 0 Å². The number of anilines is 2. The predicted molar refractivity (Wildman–Crippen MR) is 99.1 cm³/mol. The van der Waals surface area contributed by atoms with E-state index >= 15 is 0 Å². The minimum atomic E-state index is -0.532. The smallest absolute Gasteiger partial charge is 0.411 e. The van der Waals surface area contributed by atoms with Crippen molar-refractivity contribution in [2.45, 2.75) is 20.4 Å². The SMILES string of the molecule is CCOC(=O)Nc1cccc(NC(=O)NCc2ccc(Cl)cc2)c1C. The zero-order valence-corrected chi connectivity index (χ0v) is 14.8. The lowest BCUT2D eigenvalue weighted by atomic mass is 10.1. The summed E-state index contributed by atoms with van der Waals surface area (Å²) in [6.07, 6.45) is -0.532. The van der Waals surface area contributed by atoms with Crippen molar-refractivity contribution in [1.82, 2.24) is 5.32 Å². The number of rotatable bonds is 5. The first kappa shape index (κ1) is 18.6. The number of carbonyl (C=O) groups excluding carboxylic acids is 2. The molecule has 25 heavy (non-hydrogen) atoms. The maximum atomic E-state index is 12.1. The number of ether oxygens (including phenoxy) is 1. The summed E-state index contributed by atoms with van der Waals surface area (Å²) in [6.45, 7) is 4.20. The largest absolute Gasteiger partial charge is 0.450 e. The number of hydrogen-bond acceptors (Lipinski definition) is 3. The molecule has 2 aromatic rings. The third-order valence-corrected chi connectivity index (χ3v) is 3.71. The van der Waals surface area contributed by atoms with Crippen molar-refractivity contribution in [2.75, 3.05) is 17.2 Å². The molecule has 2 aromatic carbocycles. The van der Waals surface area contributed by atoms with Crippen molar-refractivity contribution in [1.29, 1.82) is 0 Å². The second-order valence-electron chi connectivity index (χ2n) is 5.26. The molecule has 132 valence electrons. The van der Waals surface area contributed by atoms with Crippen LogP contribution in [0.3, 0.4) is 0 Å². The van der Waals surface area contributed by atoms with E-state index < -0.39 is 6.09 Å². The Hall–Kier alpha value is -2.73. The minimum Gasteiger partial charge on any atom is -0.450 e. The summed E-state index contributed by atoms with van der Waals surface area (Å²) in [5.74, 6) is 0. The van der Waals surface area contributed by atoms with E-state index in [2.05, 4.69) is 16.0 Å². The second kappa shape index (κ2) is 8.94. The van der Waals surface area contributed by atoms with E-state index in [0.717, 1.165) is 11.1 Å². The quantitative estimate of drug-likeness (QED) is 0.731. The second-order valence-corrected chi connectivity index (χ2v) is 5.69. The fourth-order valence-corrected chi connectivity index (χ4v) is 2.26. The van der Waals surface area contributed by atoms with Gasteiger partial charge in [-0.2, -0.15) is 0 Å². The molecule has 0 unspecified atom stereocenters. The van der Waals surface area contributed by atoms with Crippen LogP contribution in [0.4, 0.5) is 21.0 Å². The Morgan fingerprint density at radius 2 is 1.68 bits per heavy atom. The molecule has 0 aromatic heterocycles. The van der Waals surface area contributed by atoms with E-state index in [-0.39, 0.29) is 12.6 Å². The molecule has 2 rings (SSSR count). The average Bonchev–Trinajstić information content (AvgIpc) is 2.58. The molecule has 3 N–H and O–H groups in total. The van der Waals surface area contributed by atoms with Gasteiger partial charge in [0.2, 0.25) is 0 Å². The van der Waals surface area contributed by atoms with E-state index in [4.69, 9.17) is 16.3 Å². The van der Waals surface area contributed by atoms with Crippen LogP contribution >= 0.6 is 11.6 Å². The fraction of sp³-hybridized carbons (Fsp3) is 0.222. The fourth-order valence-electron chi connectivity index (χ4n) is 2.13. The summed E-state index contributed by atoms with van der Waals surface area (Å²) in [7, 11) is 0. The zero-order valence-electron chi connectivity index (χ0n) is 14.1. The molecule has 0 saturated heterocycles. The van der Waals surface area contributed by atoms with Crippen LogP contribution in [-0.4, -0.2) is 18.7 Å². The molecule has 0 aliphatic heterocycles. The number of halogens is 1. The first-order valence-corrected chi connectivity index (χ1v) is 8.20. The summed E-state index contributed by atoms with van der Waals surface area (Å²) in [4.78, 5) is 23.6. The molecule has 0 heterocycles. The molecule has 6 nitrogen and oxygen atoms in total. The van der Waals surface area contributed by atoms with E-state index in [1.807, 2.05) is 12.1 Å². The first-order chi connectivity index (χ1) is 12.0. The van der Waals surface area contributed by atoms with Crippen LogP contribution in [0.5, 0.6) is 0 Å². The number of urea groups is 1. The number of carbonyl (C=O) groups is 2. The Morgan fingerprint density at radius 3 is 2.32 bits per heavy atom. The van der Waals surface area contributed by atoms with Crippen LogP contribution in [0.2, 0.25) is 5.02 Å². The van der Waals surface area contributed by atoms with E-state index in [9.17, 15) is 9.59 Å². The standard InChI is InChI=1S/C18H20ClN3O3/c1-3-25-18(24)22-16-6-4-5-15(12(16)2)21-17(23)20-11-13-7-9-14(19)10-8-13/h4-10H,3,11H2,1-2H3,(H,22,24)(H2,20,21,23). The van der Waals surface area contributed by atoms with E-state index in [0.29, 0.717) is 22.9 Å². The average molecular weight is 362 g/mol. The summed E-state index contributed by atoms with van der Waals surface area (Å²) >= 11 is 5.83. The van der Waals surface area contributed by atoms with Gasteiger partial charge in [0.15, 0.2) is 0 Å². The lowest BCUT2D eigenvalue weighted by molar-refractivity contribution is 0.168. The van der Waals surface area contributed by atoms with Crippen molar-refractivity contribution >= 4 is 35.1 Å². The van der Waals surface area contributed by atoms with Gasteiger partial charge in [-0.25, -0.2) is 9.59 Å². The molecule has 0 radical (unpaired) electrons. The Labute approximate surface area is 151 Å².